The molecule has 0 saturated carbocycles. The maximum absolute atomic E-state index is 5.30. The molecule has 14 heavy (non-hydrogen) atoms. The Kier molecular flexibility index (Phi) is 1.09. The first-order valence-electron chi connectivity index (χ1n) is 5.01. The van der Waals surface area contributed by atoms with Crippen LogP contribution in [-0.4, -0.2) is 18.1 Å². The van der Waals surface area contributed by atoms with Crippen molar-refractivity contribution < 1.29 is 4.42 Å². The highest BCUT2D eigenvalue weighted by Gasteiger charge is 2.41. The van der Waals surface area contributed by atoms with E-state index in [4.69, 9.17) is 4.42 Å². The van der Waals surface area contributed by atoms with E-state index in [9.17, 15) is 0 Å². The predicted molar refractivity (Wildman–Crippen MR) is 52.4 cm³/mol. The second kappa shape index (κ2) is 2.17. The monoisotopic (exact) mass is 186 g/mol. The average molecular weight is 186 g/mol. The lowest BCUT2D eigenvalue weighted by Crippen LogP contribution is -2.22. The lowest BCUT2D eigenvalue weighted by atomic mass is 9.70. The van der Waals surface area contributed by atoms with Gasteiger partial charge in [0.1, 0.15) is 5.52 Å². The van der Waals surface area contributed by atoms with Crippen LogP contribution in [0.4, 0.5) is 0 Å². The number of fused-ring (bicyclic) bond motifs is 5. The number of nitrogens with zero attached hydrogens (tertiary/aromatic N) is 1. The normalized spacial score (nSPS) is 28.6. The van der Waals surface area contributed by atoms with E-state index in [1.807, 2.05) is 0 Å². The highest BCUT2D eigenvalue weighted by Crippen LogP contribution is 2.49. The molecule has 70 valence electrons. The molecule has 3 heteroatoms. The molecule has 1 aromatic heterocycles. The van der Waals surface area contributed by atoms with Crippen LogP contribution in [0.15, 0.2) is 22.9 Å². The molecular weight excluding hydrogens is 176 g/mol. The van der Waals surface area contributed by atoms with E-state index in [-0.39, 0.29) is 0 Å². The molecule has 1 saturated heterocycles. The van der Waals surface area contributed by atoms with Crippen LogP contribution in [-0.2, 0) is 0 Å². The SMILES string of the molecule is c1nc2cc3c(cc2o1)C1CNCC31. The Labute approximate surface area is 81.1 Å². The number of aromatic nitrogens is 1. The first kappa shape index (κ1) is 7.01. The van der Waals surface area contributed by atoms with Gasteiger partial charge in [0.2, 0.25) is 0 Å². The van der Waals surface area contributed by atoms with Gasteiger partial charge in [-0.3, -0.25) is 0 Å². The van der Waals surface area contributed by atoms with E-state index < -0.39 is 0 Å². The fourth-order valence-electron chi connectivity index (χ4n) is 2.81. The molecule has 0 spiro atoms. The summed E-state index contributed by atoms with van der Waals surface area (Å²) in [6.45, 7) is 2.25. The van der Waals surface area contributed by atoms with Crippen molar-refractivity contribution in [3.8, 4) is 0 Å². The van der Waals surface area contributed by atoms with E-state index in [0.717, 1.165) is 36.0 Å². The van der Waals surface area contributed by atoms with Crippen molar-refractivity contribution in [1.82, 2.24) is 10.3 Å². The lowest BCUT2D eigenvalue weighted by molar-refractivity contribution is 0.572. The zero-order valence-electron chi connectivity index (χ0n) is 7.66. The summed E-state index contributed by atoms with van der Waals surface area (Å²) < 4.78 is 5.30. The van der Waals surface area contributed by atoms with Crippen LogP contribution < -0.4 is 5.32 Å². The van der Waals surface area contributed by atoms with Crippen molar-refractivity contribution in [2.24, 2.45) is 0 Å². The van der Waals surface area contributed by atoms with E-state index in [1.165, 1.54) is 17.5 Å². The van der Waals surface area contributed by atoms with Crippen LogP contribution >= 0.6 is 0 Å². The Bertz CT molecular complexity index is 473. The number of benzene rings is 1. The number of rotatable bonds is 0. The van der Waals surface area contributed by atoms with Crippen molar-refractivity contribution in [3.63, 3.8) is 0 Å². The summed E-state index contributed by atoms with van der Waals surface area (Å²) in [6, 6.07) is 4.34. The van der Waals surface area contributed by atoms with Crippen LogP contribution in [0.25, 0.3) is 11.1 Å². The van der Waals surface area contributed by atoms with Crippen molar-refractivity contribution in [2.75, 3.05) is 13.1 Å². The maximum Gasteiger partial charge on any atom is 0.181 e. The van der Waals surface area contributed by atoms with E-state index in [0.29, 0.717) is 0 Å². The van der Waals surface area contributed by atoms with Gasteiger partial charge in [0.25, 0.3) is 0 Å². The Balaban J connectivity index is 2.01. The van der Waals surface area contributed by atoms with Gasteiger partial charge in [0.05, 0.1) is 0 Å². The summed E-state index contributed by atoms with van der Waals surface area (Å²) in [5, 5.41) is 3.43. The van der Waals surface area contributed by atoms with Crippen molar-refractivity contribution in [1.29, 1.82) is 0 Å². The molecule has 2 unspecified atom stereocenters. The van der Waals surface area contributed by atoms with E-state index in [1.54, 1.807) is 0 Å². The van der Waals surface area contributed by atoms with E-state index in [2.05, 4.69) is 22.4 Å². The fourth-order valence-corrected chi connectivity index (χ4v) is 2.81. The summed E-state index contributed by atoms with van der Waals surface area (Å²) >= 11 is 0. The minimum absolute atomic E-state index is 0.722. The molecule has 1 aromatic carbocycles. The molecule has 1 aliphatic carbocycles. The summed E-state index contributed by atoms with van der Waals surface area (Å²) in [7, 11) is 0. The summed E-state index contributed by atoms with van der Waals surface area (Å²) in [6.07, 6.45) is 1.53. The van der Waals surface area contributed by atoms with Gasteiger partial charge in [-0.2, -0.15) is 0 Å². The van der Waals surface area contributed by atoms with Crippen molar-refractivity contribution in [2.45, 2.75) is 11.8 Å². The van der Waals surface area contributed by atoms with Crippen molar-refractivity contribution in [3.05, 3.63) is 29.7 Å². The second-order valence-corrected chi connectivity index (χ2v) is 4.17. The third-order valence-electron chi connectivity index (χ3n) is 3.55. The Morgan fingerprint density at radius 3 is 2.86 bits per heavy atom. The molecule has 2 aromatic rings. The highest BCUT2D eigenvalue weighted by molar-refractivity contribution is 5.77. The van der Waals surface area contributed by atoms with Crippen molar-refractivity contribution >= 4 is 11.1 Å². The number of nitrogens with one attached hydrogen (secondary N) is 1. The molecule has 0 amide bonds. The molecule has 1 N–H and O–H groups in total. The van der Waals surface area contributed by atoms with Gasteiger partial charge in [-0.1, -0.05) is 0 Å². The van der Waals surface area contributed by atoms with Gasteiger partial charge in [0.15, 0.2) is 12.0 Å². The average Bonchev–Trinajstić information content (AvgIpc) is 2.80. The maximum atomic E-state index is 5.30. The predicted octanol–water partition coefficient (Wildman–Crippen LogP) is 1.61. The standard InChI is InChI=1S/C11H10N2O/c1-6-7(9-4-12-3-8(6)9)2-11-10(1)13-5-14-11/h1-2,5,8-9,12H,3-4H2. The zero-order chi connectivity index (χ0) is 9.12. The minimum atomic E-state index is 0.722. The molecule has 0 radical (unpaired) electrons. The van der Waals surface area contributed by atoms with Gasteiger partial charge >= 0.3 is 0 Å². The van der Waals surface area contributed by atoms with Crippen LogP contribution in [0.5, 0.6) is 0 Å². The molecule has 2 aliphatic rings. The van der Waals surface area contributed by atoms with Gasteiger partial charge in [-0.25, -0.2) is 4.98 Å². The van der Waals surface area contributed by atoms with Gasteiger partial charge in [-0.05, 0) is 23.3 Å². The Morgan fingerprint density at radius 1 is 1.21 bits per heavy atom. The number of hydrogen-bond acceptors (Lipinski definition) is 3. The third-order valence-corrected chi connectivity index (χ3v) is 3.55. The quantitative estimate of drug-likeness (QED) is 0.679. The van der Waals surface area contributed by atoms with Gasteiger partial charge in [-0.15, -0.1) is 0 Å². The molecule has 0 bridgehead atoms. The lowest BCUT2D eigenvalue weighted by Gasteiger charge is -2.33. The van der Waals surface area contributed by atoms with Gasteiger partial charge < -0.3 is 9.73 Å². The van der Waals surface area contributed by atoms with Gasteiger partial charge in [0, 0.05) is 24.9 Å². The highest BCUT2D eigenvalue weighted by atomic mass is 16.3. The molecule has 1 fully saturated rings. The zero-order valence-corrected chi connectivity index (χ0v) is 7.66. The molecule has 2 heterocycles. The van der Waals surface area contributed by atoms with Crippen LogP contribution in [0.1, 0.15) is 23.0 Å². The summed E-state index contributed by atoms with van der Waals surface area (Å²) in [5.74, 6) is 1.45. The first-order chi connectivity index (χ1) is 6.93. The molecule has 4 rings (SSSR count). The fraction of sp³-hybridized carbons (Fsp3) is 0.364. The number of oxazole rings is 1. The summed E-state index contributed by atoms with van der Waals surface area (Å²) in [4.78, 5) is 4.18. The largest absolute Gasteiger partial charge is 0.443 e. The molecular formula is C11H10N2O. The summed E-state index contributed by atoms with van der Waals surface area (Å²) in [5.41, 5.74) is 4.86. The Morgan fingerprint density at radius 2 is 2.00 bits per heavy atom. The molecule has 2 atom stereocenters. The second-order valence-electron chi connectivity index (χ2n) is 4.17. The van der Waals surface area contributed by atoms with Crippen LogP contribution in [0, 0.1) is 0 Å². The smallest absolute Gasteiger partial charge is 0.181 e. The molecule has 1 aliphatic heterocycles. The topological polar surface area (TPSA) is 38.1 Å². The number of hydrogen-bond donors (Lipinski definition) is 1. The van der Waals surface area contributed by atoms with E-state index >= 15 is 0 Å². The van der Waals surface area contributed by atoms with Crippen LogP contribution in [0.2, 0.25) is 0 Å². The van der Waals surface area contributed by atoms with Crippen LogP contribution in [0.3, 0.4) is 0 Å². The Hall–Kier alpha value is -1.35. The molecule has 3 nitrogen and oxygen atoms in total. The first-order valence-corrected chi connectivity index (χ1v) is 5.01. The third kappa shape index (κ3) is 0.664. The minimum Gasteiger partial charge on any atom is -0.443 e.